The first-order valence-electron chi connectivity index (χ1n) is 6.17. The number of rotatable bonds is 3. The molecule has 0 N–H and O–H groups in total. The van der Waals surface area contributed by atoms with Gasteiger partial charge in [-0.2, -0.15) is 0 Å². The van der Waals surface area contributed by atoms with Gasteiger partial charge in [0.2, 0.25) is 0 Å². The number of benzene rings is 1. The maximum Gasteiger partial charge on any atom is 0.0378 e. The molecule has 1 aliphatic rings. The summed E-state index contributed by atoms with van der Waals surface area (Å²) >= 11 is 0. The van der Waals surface area contributed by atoms with Crippen molar-refractivity contribution in [3.8, 4) is 0 Å². The highest BCUT2D eigenvalue weighted by Crippen LogP contribution is 2.21. The summed E-state index contributed by atoms with van der Waals surface area (Å²) < 4.78 is 0. The van der Waals surface area contributed by atoms with Gasteiger partial charge in [-0.3, -0.25) is 4.90 Å². The first-order chi connectivity index (χ1) is 8.29. The predicted octanol–water partition coefficient (Wildman–Crippen LogP) is 4.00. The molecule has 0 spiro atoms. The van der Waals surface area contributed by atoms with Gasteiger partial charge in [-0.05, 0) is 43.5 Å². The molecule has 4 heteroatoms. The molecule has 2 rings (SSSR count). The van der Waals surface area contributed by atoms with Crippen molar-refractivity contribution in [3.63, 3.8) is 0 Å². The Kier molecular flexibility index (Phi) is 4.02. The molecule has 0 aliphatic carbocycles. The Hall–Kier alpha value is -1.51. The summed E-state index contributed by atoms with van der Waals surface area (Å²) in [5.41, 5.74) is 10.4. The van der Waals surface area contributed by atoms with Crippen molar-refractivity contribution in [2.24, 2.45) is 5.11 Å². The van der Waals surface area contributed by atoms with Crippen LogP contribution in [0.25, 0.3) is 10.4 Å². The van der Waals surface area contributed by atoms with E-state index in [4.69, 9.17) is 5.53 Å². The Morgan fingerprint density at radius 2 is 2.35 bits per heavy atom. The van der Waals surface area contributed by atoms with E-state index in [1.165, 1.54) is 31.4 Å². The van der Waals surface area contributed by atoms with Crippen molar-refractivity contribution in [1.82, 2.24) is 4.90 Å². The van der Waals surface area contributed by atoms with Crippen LogP contribution in [0.4, 0.5) is 5.69 Å². The van der Waals surface area contributed by atoms with Crippen LogP contribution < -0.4 is 0 Å². The van der Waals surface area contributed by atoms with Crippen LogP contribution in [0.2, 0.25) is 0 Å². The zero-order chi connectivity index (χ0) is 12.1. The Morgan fingerprint density at radius 1 is 1.47 bits per heavy atom. The average Bonchev–Trinajstić information content (AvgIpc) is 2.33. The molecule has 1 atom stereocenters. The van der Waals surface area contributed by atoms with Gasteiger partial charge in [0.05, 0.1) is 0 Å². The Balaban J connectivity index is 2.06. The number of azide groups is 1. The van der Waals surface area contributed by atoms with Gasteiger partial charge in [0, 0.05) is 23.2 Å². The van der Waals surface area contributed by atoms with Crippen molar-refractivity contribution in [2.45, 2.75) is 38.8 Å². The van der Waals surface area contributed by atoms with Crippen LogP contribution in [0.1, 0.15) is 31.7 Å². The number of hydrogen-bond donors (Lipinski definition) is 0. The lowest BCUT2D eigenvalue weighted by Crippen LogP contribution is -2.36. The minimum atomic E-state index is 0.659. The quantitative estimate of drug-likeness (QED) is 0.440. The molecular weight excluding hydrogens is 212 g/mol. The summed E-state index contributed by atoms with van der Waals surface area (Å²) in [7, 11) is 0. The maximum absolute atomic E-state index is 8.42. The van der Waals surface area contributed by atoms with E-state index in [-0.39, 0.29) is 0 Å². The highest BCUT2D eigenvalue weighted by Gasteiger charge is 2.17. The fraction of sp³-hybridized carbons (Fsp3) is 0.538. The summed E-state index contributed by atoms with van der Waals surface area (Å²) in [5, 5.41) is 3.64. The molecule has 1 unspecified atom stereocenters. The lowest BCUT2D eigenvalue weighted by Gasteiger charge is -2.33. The third kappa shape index (κ3) is 3.22. The van der Waals surface area contributed by atoms with Gasteiger partial charge < -0.3 is 0 Å². The van der Waals surface area contributed by atoms with Crippen LogP contribution in [0, 0.1) is 0 Å². The van der Waals surface area contributed by atoms with E-state index >= 15 is 0 Å². The Labute approximate surface area is 102 Å². The van der Waals surface area contributed by atoms with Gasteiger partial charge >= 0.3 is 0 Å². The van der Waals surface area contributed by atoms with Gasteiger partial charge in [0.25, 0.3) is 0 Å². The molecule has 0 radical (unpaired) electrons. The molecule has 1 saturated heterocycles. The summed E-state index contributed by atoms with van der Waals surface area (Å²) in [5.74, 6) is 0. The van der Waals surface area contributed by atoms with E-state index in [1.807, 2.05) is 18.2 Å². The minimum Gasteiger partial charge on any atom is -0.296 e. The molecule has 0 aromatic heterocycles. The van der Waals surface area contributed by atoms with Crippen molar-refractivity contribution in [2.75, 3.05) is 6.54 Å². The summed E-state index contributed by atoms with van der Waals surface area (Å²) in [6.07, 6.45) is 3.92. The summed E-state index contributed by atoms with van der Waals surface area (Å²) in [6, 6.07) is 8.52. The van der Waals surface area contributed by atoms with Gasteiger partial charge in [-0.25, -0.2) is 0 Å². The van der Waals surface area contributed by atoms with Gasteiger partial charge in [0.15, 0.2) is 0 Å². The van der Waals surface area contributed by atoms with Crippen LogP contribution in [0.5, 0.6) is 0 Å². The third-order valence-electron chi connectivity index (χ3n) is 3.40. The van der Waals surface area contributed by atoms with Gasteiger partial charge in [0.1, 0.15) is 0 Å². The number of hydrogen-bond acceptors (Lipinski definition) is 2. The first-order valence-corrected chi connectivity index (χ1v) is 6.17. The van der Waals surface area contributed by atoms with Gasteiger partial charge in [-0.15, -0.1) is 0 Å². The van der Waals surface area contributed by atoms with Crippen LogP contribution >= 0.6 is 0 Å². The largest absolute Gasteiger partial charge is 0.296 e. The zero-order valence-corrected chi connectivity index (χ0v) is 10.2. The monoisotopic (exact) mass is 230 g/mol. The smallest absolute Gasteiger partial charge is 0.0378 e. The second-order valence-electron chi connectivity index (χ2n) is 4.67. The van der Waals surface area contributed by atoms with E-state index < -0.39 is 0 Å². The molecule has 17 heavy (non-hydrogen) atoms. The topological polar surface area (TPSA) is 52.0 Å². The third-order valence-corrected chi connectivity index (χ3v) is 3.40. The normalized spacial score (nSPS) is 20.9. The predicted molar refractivity (Wildman–Crippen MR) is 69.0 cm³/mol. The van der Waals surface area contributed by atoms with E-state index in [1.54, 1.807) is 0 Å². The average molecular weight is 230 g/mol. The molecular formula is C13H18N4. The van der Waals surface area contributed by atoms with E-state index in [9.17, 15) is 0 Å². The maximum atomic E-state index is 8.42. The molecule has 0 amide bonds. The number of piperidine rings is 1. The van der Waals surface area contributed by atoms with Crippen molar-refractivity contribution < 1.29 is 0 Å². The number of likely N-dealkylation sites (tertiary alicyclic amines) is 1. The Morgan fingerprint density at radius 3 is 3.12 bits per heavy atom. The summed E-state index contributed by atoms with van der Waals surface area (Å²) in [4.78, 5) is 5.32. The van der Waals surface area contributed by atoms with Gasteiger partial charge in [-0.1, -0.05) is 29.7 Å². The molecule has 1 aliphatic heterocycles. The highest BCUT2D eigenvalue weighted by molar-refractivity contribution is 5.39. The fourth-order valence-electron chi connectivity index (χ4n) is 2.40. The molecule has 0 saturated carbocycles. The molecule has 1 aromatic carbocycles. The van der Waals surface area contributed by atoms with Crippen LogP contribution in [-0.2, 0) is 6.54 Å². The lowest BCUT2D eigenvalue weighted by molar-refractivity contribution is 0.152. The lowest BCUT2D eigenvalue weighted by atomic mass is 10.0. The second kappa shape index (κ2) is 5.71. The Bertz CT molecular complexity index is 423. The SMILES string of the molecule is CC1CCCCN1Cc1cccc(N=[N+]=[N-])c1. The first kappa shape index (κ1) is 12.0. The zero-order valence-electron chi connectivity index (χ0n) is 10.2. The van der Waals surface area contributed by atoms with Crippen LogP contribution in [0.3, 0.4) is 0 Å². The molecule has 90 valence electrons. The molecule has 4 nitrogen and oxygen atoms in total. The fourth-order valence-corrected chi connectivity index (χ4v) is 2.40. The molecule has 1 heterocycles. The van der Waals surface area contributed by atoms with Crippen LogP contribution in [0.15, 0.2) is 29.4 Å². The second-order valence-corrected chi connectivity index (χ2v) is 4.67. The summed E-state index contributed by atoms with van der Waals surface area (Å²) in [6.45, 7) is 4.42. The van der Waals surface area contributed by atoms with Crippen molar-refractivity contribution in [1.29, 1.82) is 0 Å². The highest BCUT2D eigenvalue weighted by atomic mass is 15.2. The van der Waals surface area contributed by atoms with E-state index in [0.29, 0.717) is 11.7 Å². The van der Waals surface area contributed by atoms with E-state index in [0.717, 1.165) is 6.54 Å². The van der Waals surface area contributed by atoms with Crippen LogP contribution in [-0.4, -0.2) is 17.5 Å². The molecule has 1 aromatic rings. The molecule has 0 bridgehead atoms. The molecule has 1 fully saturated rings. The number of nitrogens with zero attached hydrogens (tertiary/aromatic N) is 4. The van der Waals surface area contributed by atoms with Crippen molar-refractivity contribution >= 4 is 5.69 Å². The van der Waals surface area contributed by atoms with Crippen molar-refractivity contribution in [3.05, 3.63) is 40.3 Å². The van der Waals surface area contributed by atoms with E-state index in [2.05, 4.69) is 27.9 Å². The minimum absolute atomic E-state index is 0.659. The standard InChI is InChI=1S/C13H18N4/c1-11-5-2-3-8-17(11)10-12-6-4-7-13(9-12)15-16-14/h4,6-7,9,11H,2-3,5,8,10H2,1H3.